The zero-order chi connectivity index (χ0) is 15.8. The molecule has 1 N–H and O–H groups in total. The van der Waals surface area contributed by atoms with Gasteiger partial charge in [0.2, 0.25) is 0 Å². The van der Waals surface area contributed by atoms with Crippen LogP contribution in [0, 0.1) is 6.92 Å². The minimum Gasteiger partial charge on any atom is -0.303 e. The van der Waals surface area contributed by atoms with Gasteiger partial charge in [-0.05, 0) is 13.0 Å². The smallest absolute Gasteiger partial charge is 0.303 e. The minimum atomic E-state index is -5.01. The second kappa shape index (κ2) is 5.53. The molecule has 0 saturated carbocycles. The van der Waals surface area contributed by atoms with Gasteiger partial charge in [-0.15, -0.1) is 0 Å². The zero-order valence-corrected chi connectivity index (χ0v) is 11.9. The molecule has 2 aromatic heterocycles. The standard InChI is InChI=1S/C11H7Cl2F3N4O/c1-5-2-8(18-10(21)11(14,15)16)20(19-5)9-7(13)3-6(12)4-17-9/h2-4H,1H3,(H,18,21). The molecule has 0 bridgehead atoms. The number of hydrogen-bond acceptors (Lipinski definition) is 3. The van der Waals surface area contributed by atoms with E-state index in [0.29, 0.717) is 5.69 Å². The highest BCUT2D eigenvalue weighted by atomic mass is 35.5. The quantitative estimate of drug-likeness (QED) is 0.913. The van der Waals surface area contributed by atoms with Crippen molar-refractivity contribution in [3.05, 3.63) is 34.1 Å². The Morgan fingerprint density at radius 2 is 2.00 bits per heavy atom. The molecule has 0 fully saturated rings. The molecule has 5 nitrogen and oxygen atoms in total. The molecule has 0 aliphatic rings. The summed E-state index contributed by atoms with van der Waals surface area (Å²) in [5.41, 5.74) is 0.375. The zero-order valence-electron chi connectivity index (χ0n) is 10.4. The Labute approximate surface area is 126 Å². The van der Waals surface area contributed by atoms with Gasteiger partial charge in [0, 0.05) is 12.3 Å². The van der Waals surface area contributed by atoms with Crippen LogP contribution >= 0.6 is 23.2 Å². The largest absolute Gasteiger partial charge is 0.471 e. The maximum atomic E-state index is 12.3. The number of halogens is 5. The van der Waals surface area contributed by atoms with E-state index in [4.69, 9.17) is 23.2 Å². The molecule has 21 heavy (non-hydrogen) atoms. The van der Waals surface area contributed by atoms with Crippen molar-refractivity contribution in [3.63, 3.8) is 0 Å². The van der Waals surface area contributed by atoms with Crippen LogP contribution in [0.25, 0.3) is 5.82 Å². The van der Waals surface area contributed by atoms with Gasteiger partial charge >= 0.3 is 12.1 Å². The first kappa shape index (κ1) is 15.6. The van der Waals surface area contributed by atoms with Gasteiger partial charge in [0.1, 0.15) is 5.82 Å². The Balaban J connectivity index is 2.44. The highest BCUT2D eigenvalue weighted by Gasteiger charge is 2.39. The van der Waals surface area contributed by atoms with Crippen LogP contribution in [0.1, 0.15) is 5.69 Å². The van der Waals surface area contributed by atoms with Crippen LogP contribution in [0.3, 0.4) is 0 Å². The average Bonchev–Trinajstić information content (AvgIpc) is 2.69. The molecule has 112 valence electrons. The molecule has 0 aliphatic carbocycles. The number of aryl methyl sites for hydroxylation is 1. The van der Waals surface area contributed by atoms with Crippen molar-refractivity contribution in [2.75, 3.05) is 5.32 Å². The predicted molar refractivity (Wildman–Crippen MR) is 70.8 cm³/mol. The lowest BCUT2D eigenvalue weighted by atomic mass is 10.4. The fourth-order valence-electron chi connectivity index (χ4n) is 1.50. The molecule has 1 amide bonds. The van der Waals surface area contributed by atoms with Crippen molar-refractivity contribution >= 4 is 34.9 Å². The van der Waals surface area contributed by atoms with E-state index in [9.17, 15) is 18.0 Å². The fraction of sp³-hybridized carbons (Fsp3) is 0.182. The number of nitrogens with zero attached hydrogens (tertiary/aromatic N) is 3. The third-order valence-electron chi connectivity index (χ3n) is 2.32. The summed E-state index contributed by atoms with van der Waals surface area (Å²) in [6.45, 7) is 1.55. The first-order chi connectivity index (χ1) is 9.68. The molecule has 2 rings (SSSR count). The summed E-state index contributed by atoms with van der Waals surface area (Å²) >= 11 is 11.6. The van der Waals surface area contributed by atoms with Gasteiger partial charge in [-0.1, -0.05) is 23.2 Å². The van der Waals surface area contributed by atoms with Gasteiger partial charge in [-0.25, -0.2) is 4.98 Å². The van der Waals surface area contributed by atoms with E-state index in [1.54, 1.807) is 12.2 Å². The third kappa shape index (κ3) is 3.45. The summed E-state index contributed by atoms with van der Waals surface area (Å²) in [5, 5.41) is 6.00. The average molecular weight is 339 g/mol. The Morgan fingerprint density at radius 1 is 1.33 bits per heavy atom. The van der Waals surface area contributed by atoms with Gasteiger partial charge in [0.15, 0.2) is 5.82 Å². The lowest BCUT2D eigenvalue weighted by Gasteiger charge is -2.10. The maximum Gasteiger partial charge on any atom is 0.471 e. The van der Waals surface area contributed by atoms with Crippen LogP contribution in [0.15, 0.2) is 18.3 Å². The Bertz CT molecular complexity index is 699. The summed E-state index contributed by atoms with van der Waals surface area (Å²) < 4.78 is 37.9. The Morgan fingerprint density at radius 3 is 2.57 bits per heavy atom. The van der Waals surface area contributed by atoms with E-state index >= 15 is 0 Å². The number of anilines is 1. The molecule has 0 aliphatic heterocycles. The van der Waals surface area contributed by atoms with Gasteiger partial charge in [0.05, 0.1) is 15.7 Å². The molecule has 0 atom stereocenters. The molecular formula is C11H7Cl2F3N4O. The van der Waals surface area contributed by atoms with Crippen LogP contribution in [-0.2, 0) is 4.79 Å². The fourth-order valence-corrected chi connectivity index (χ4v) is 1.96. The van der Waals surface area contributed by atoms with Crippen molar-refractivity contribution in [1.82, 2.24) is 14.8 Å². The van der Waals surface area contributed by atoms with Crippen LogP contribution in [0.2, 0.25) is 10.0 Å². The Hall–Kier alpha value is -1.80. The van der Waals surface area contributed by atoms with Crippen LogP contribution < -0.4 is 5.32 Å². The van der Waals surface area contributed by atoms with Crippen molar-refractivity contribution in [2.24, 2.45) is 0 Å². The van der Waals surface area contributed by atoms with E-state index in [-0.39, 0.29) is 21.7 Å². The van der Waals surface area contributed by atoms with Crippen LogP contribution in [0.4, 0.5) is 19.0 Å². The number of hydrogen-bond donors (Lipinski definition) is 1. The topological polar surface area (TPSA) is 59.8 Å². The van der Waals surface area contributed by atoms with Crippen LogP contribution in [-0.4, -0.2) is 26.8 Å². The molecule has 2 aromatic rings. The van der Waals surface area contributed by atoms with Gasteiger partial charge < -0.3 is 5.32 Å². The number of rotatable bonds is 2. The number of alkyl halides is 3. The lowest BCUT2D eigenvalue weighted by molar-refractivity contribution is -0.167. The minimum absolute atomic E-state index is 0.0478. The second-order valence-corrected chi connectivity index (χ2v) is 4.84. The number of aromatic nitrogens is 3. The third-order valence-corrected chi connectivity index (χ3v) is 2.80. The molecule has 0 aromatic carbocycles. The second-order valence-electron chi connectivity index (χ2n) is 3.99. The number of pyridine rings is 1. The summed E-state index contributed by atoms with van der Waals surface area (Å²) in [6, 6.07) is 2.62. The molecule has 0 unspecified atom stereocenters. The normalized spacial score (nSPS) is 11.5. The molecule has 0 spiro atoms. The lowest BCUT2D eigenvalue weighted by Crippen LogP contribution is -2.30. The highest BCUT2D eigenvalue weighted by molar-refractivity contribution is 6.35. The number of nitrogens with one attached hydrogen (secondary N) is 1. The van der Waals surface area contributed by atoms with Crippen molar-refractivity contribution in [3.8, 4) is 5.82 Å². The SMILES string of the molecule is Cc1cc(NC(=O)C(F)(F)F)n(-c2ncc(Cl)cc2Cl)n1. The summed E-state index contributed by atoms with van der Waals surface area (Å²) in [6.07, 6.45) is -3.75. The van der Waals surface area contributed by atoms with E-state index in [2.05, 4.69) is 10.1 Å². The molecule has 0 saturated heterocycles. The van der Waals surface area contributed by atoms with Crippen molar-refractivity contribution in [1.29, 1.82) is 0 Å². The first-order valence-electron chi connectivity index (χ1n) is 5.45. The maximum absolute atomic E-state index is 12.3. The molecule has 10 heteroatoms. The number of carbonyl (C=O) groups excluding carboxylic acids is 1. The first-order valence-corrected chi connectivity index (χ1v) is 6.20. The monoisotopic (exact) mass is 338 g/mol. The van der Waals surface area contributed by atoms with Gasteiger partial charge in [-0.2, -0.15) is 23.0 Å². The molecule has 2 heterocycles. The van der Waals surface area contributed by atoms with E-state index in [0.717, 1.165) is 4.68 Å². The van der Waals surface area contributed by atoms with Gasteiger partial charge in [-0.3, -0.25) is 4.79 Å². The van der Waals surface area contributed by atoms with Gasteiger partial charge in [0.25, 0.3) is 0 Å². The molecular weight excluding hydrogens is 332 g/mol. The highest BCUT2D eigenvalue weighted by Crippen LogP contribution is 2.26. The van der Waals surface area contributed by atoms with E-state index in [1.807, 2.05) is 0 Å². The van der Waals surface area contributed by atoms with Crippen molar-refractivity contribution < 1.29 is 18.0 Å². The van der Waals surface area contributed by atoms with Crippen LogP contribution in [0.5, 0.6) is 0 Å². The number of amides is 1. The van der Waals surface area contributed by atoms with E-state index < -0.39 is 12.1 Å². The summed E-state index contributed by atoms with van der Waals surface area (Å²) in [5.74, 6) is -2.27. The van der Waals surface area contributed by atoms with Crippen molar-refractivity contribution in [2.45, 2.75) is 13.1 Å². The predicted octanol–water partition coefficient (Wildman–Crippen LogP) is 3.38. The Kier molecular flexibility index (Phi) is 4.11. The molecule has 0 radical (unpaired) electrons. The summed E-state index contributed by atoms with van der Waals surface area (Å²) in [4.78, 5) is 14.9. The van der Waals surface area contributed by atoms with E-state index in [1.165, 1.54) is 18.3 Å². The summed E-state index contributed by atoms with van der Waals surface area (Å²) in [7, 11) is 0. The number of carbonyl (C=O) groups is 1.